The van der Waals surface area contributed by atoms with Gasteiger partial charge in [-0.25, -0.2) is 4.39 Å². The van der Waals surface area contributed by atoms with Crippen molar-refractivity contribution in [3.05, 3.63) is 34.1 Å². The van der Waals surface area contributed by atoms with Gasteiger partial charge < -0.3 is 5.32 Å². The number of likely N-dealkylation sites (N-methyl/N-ethyl adjacent to an activating group) is 1. The highest BCUT2D eigenvalue weighted by atomic mass is 79.9. The molecule has 0 amide bonds. The van der Waals surface area contributed by atoms with Crippen molar-refractivity contribution in [1.82, 2.24) is 5.32 Å². The van der Waals surface area contributed by atoms with Crippen LogP contribution in [0.25, 0.3) is 0 Å². The summed E-state index contributed by atoms with van der Waals surface area (Å²) in [6, 6.07) is 5.49. The van der Waals surface area contributed by atoms with E-state index >= 15 is 0 Å². The van der Waals surface area contributed by atoms with Crippen molar-refractivity contribution < 1.29 is 4.39 Å². The third-order valence-corrected chi connectivity index (χ3v) is 3.74. The van der Waals surface area contributed by atoms with E-state index in [-0.39, 0.29) is 5.82 Å². The zero-order chi connectivity index (χ0) is 12.8. The van der Waals surface area contributed by atoms with E-state index in [4.69, 9.17) is 0 Å². The van der Waals surface area contributed by atoms with Crippen LogP contribution in [0.5, 0.6) is 0 Å². The Morgan fingerprint density at radius 1 is 1.35 bits per heavy atom. The van der Waals surface area contributed by atoms with Gasteiger partial charge in [0.25, 0.3) is 0 Å². The van der Waals surface area contributed by atoms with Crippen LogP contribution in [0.3, 0.4) is 0 Å². The Labute approximate surface area is 112 Å². The SMILES string of the molecule is CCNC(Cc1cc(Br)ccc1F)C(C)CC. The molecule has 0 spiro atoms. The first-order valence-corrected chi connectivity index (χ1v) is 7.05. The number of benzene rings is 1. The molecule has 96 valence electrons. The lowest BCUT2D eigenvalue weighted by atomic mass is 9.93. The van der Waals surface area contributed by atoms with E-state index in [0.29, 0.717) is 12.0 Å². The summed E-state index contributed by atoms with van der Waals surface area (Å²) in [6.07, 6.45) is 1.85. The van der Waals surface area contributed by atoms with Gasteiger partial charge in [-0.2, -0.15) is 0 Å². The van der Waals surface area contributed by atoms with Crippen molar-refractivity contribution in [3.63, 3.8) is 0 Å². The van der Waals surface area contributed by atoms with Gasteiger partial charge >= 0.3 is 0 Å². The van der Waals surface area contributed by atoms with Crippen molar-refractivity contribution in [2.75, 3.05) is 6.54 Å². The van der Waals surface area contributed by atoms with Crippen LogP contribution in [0.1, 0.15) is 32.8 Å². The Hall–Kier alpha value is -0.410. The molecule has 0 aliphatic rings. The van der Waals surface area contributed by atoms with Crippen molar-refractivity contribution in [2.45, 2.75) is 39.7 Å². The van der Waals surface area contributed by atoms with E-state index in [9.17, 15) is 4.39 Å². The largest absolute Gasteiger partial charge is 0.314 e. The van der Waals surface area contributed by atoms with Gasteiger partial charge in [-0.1, -0.05) is 43.1 Å². The minimum atomic E-state index is -0.112. The smallest absolute Gasteiger partial charge is 0.126 e. The minimum Gasteiger partial charge on any atom is -0.314 e. The second-order valence-corrected chi connectivity index (χ2v) is 5.41. The summed E-state index contributed by atoms with van der Waals surface area (Å²) in [7, 11) is 0. The van der Waals surface area contributed by atoms with Crippen LogP contribution in [0.4, 0.5) is 4.39 Å². The second-order valence-electron chi connectivity index (χ2n) is 4.49. The Balaban J connectivity index is 2.81. The van der Waals surface area contributed by atoms with Crippen molar-refractivity contribution in [3.8, 4) is 0 Å². The quantitative estimate of drug-likeness (QED) is 0.832. The molecule has 0 bridgehead atoms. The molecule has 0 saturated carbocycles. The summed E-state index contributed by atoms with van der Waals surface area (Å²) in [6.45, 7) is 7.40. The lowest BCUT2D eigenvalue weighted by Gasteiger charge is -2.24. The van der Waals surface area contributed by atoms with E-state index in [1.807, 2.05) is 6.07 Å². The fourth-order valence-corrected chi connectivity index (χ4v) is 2.37. The molecule has 3 heteroatoms. The number of hydrogen-bond acceptors (Lipinski definition) is 1. The Bertz CT molecular complexity index is 354. The maximum absolute atomic E-state index is 13.7. The summed E-state index contributed by atoms with van der Waals surface area (Å²) in [4.78, 5) is 0. The molecule has 1 aromatic carbocycles. The van der Waals surface area contributed by atoms with Crippen LogP contribution >= 0.6 is 15.9 Å². The average molecular weight is 302 g/mol. The van der Waals surface area contributed by atoms with Gasteiger partial charge in [-0.3, -0.25) is 0 Å². The van der Waals surface area contributed by atoms with Gasteiger partial charge in [0.1, 0.15) is 5.82 Å². The van der Waals surface area contributed by atoms with Crippen LogP contribution in [0, 0.1) is 11.7 Å². The number of rotatable bonds is 6. The molecular weight excluding hydrogens is 281 g/mol. The second kappa shape index (κ2) is 7.12. The topological polar surface area (TPSA) is 12.0 Å². The summed E-state index contributed by atoms with van der Waals surface area (Å²) in [5.41, 5.74) is 0.783. The number of halogens is 2. The lowest BCUT2D eigenvalue weighted by molar-refractivity contribution is 0.367. The molecule has 1 N–H and O–H groups in total. The highest BCUT2D eigenvalue weighted by molar-refractivity contribution is 9.10. The first kappa shape index (κ1) is 14.7. The van der Waals surface area contributed by atoms with E-state index in [2.05, 4.69) is 42.0 Å². The molecule has 0 radical (unpaired) electrons. The summed E-state index contributed by atoms with van der Waals surface area (Å²) < 4.78 is 14.6. The van der Waals surface area contributed by atoms with Crippen molar-refractivity contribution >= 4 is 15.9 Å². The normalized spacial score (nSPS) is 14.6. The summed E-state index contributed by atoms with van der Waals surface area (Å²) in [5, 5.41) is 3.45. The van der Waals surface area contributed by atoms with Gasteiger partial charge in [0.05, 0.1) is 0 Å². The molecule has 0 fully saturated rings. The van der Waals surface area contributed by atoms with Gasteiger partial charge in [0.15, 0.2) is 0 Å². The summed E-state index contributed by atoms with van der Waals surface area (Å²) >= 11 is 3.39. The monoisotopic (exact) mass is 301 g/mol. The lowest BCUT2D eigenvalue weighted by Crippen LogP contribution is -2.36. The van der Waals surface area contributed by atoms with Crippen LogP contribution in [-0.4, -0.2) is 12.6 Å². The zero-order valence-electron chi connectivity index (χ0n) is 10.8. The highest BCUT2D eigenvalue weighted by Gasteiger charge is 2.17. The zero-order valence-corrected chi connectivity index (χ0v) is 12.3. The van der Waals surface area contributed by atoms with Crippen molar-refractivity contribution in [2.24, 2.45) is 5.92 Å². The predicted octanol–water partition coefficient (Wildman–Crippen LogP) is 4.15. The third-order valence-electron chi connectivity index (χ3n) is 3.24. The average Bonchev–Trinajstić information content (AvgIpc) is 2.32. The molecule has 0 heterocycles. The van der Waals surface area contributed by atoms with Crippen LogP contribution in [0.15, 0.2) is 22.7 Å². The molecule has 1 aromatic rings. The van der Waals surface area contributed by atoms with E-state index in [0.717, 1.165) is 29.4 Å². The molecule has 17 heavy (non-hydrogen) atoms. The molecule has 0 aromatic heterocycles. The molecule has 2 atom stereocenters. The molecule has 2 unspecified atom stereocenters. The van der Waals surface area contributed by atoms with Crippen LogP contribution < -0.4 is 5.32 Å². The first-order valence-electron chi connectivity index (χ1n) is 6.25. The standard InChI is InChI=1S/C14H21BrFN/c1-4-10(3)14(17-5-2)9-11-8-12(15)6-7-13(11)16/h6-8,10,14,17H,4-5,9H2,1-3H3. The van der Waals surface area contributed by atoms with Gasteiger partial charge in [0, 0.05) is 10.5 Å². The maximum atomic E-state index is 13.7. The molecule has 0 aliphatic heterocycles. The van der Waals surface area contributed by atoms with Gasteiger partial charge in [0.2, 0.25) is 0 Å². The Morgan fingerprint density at radius 3 is 2.65 bits per heavy atom. The number of hydrogen-bond donors (Lipinski definition) is 1. The van der Waals surface area contributed by atoms with Crippen molar-refractivity contribution in [1.29, 1.82) is 0 Å². The van der Waals surface area contributed by atoms with Crippen LogP contribution in [-0.2, 0) is 6.42 Å². The Kier molecular flexibility index (Phi) is 6.14. The Morgan fingerprint density at radius 2 is 2.06 bits per heavy atom. The third kappa shape index (κ3) is 4.40. The number of nitrogens with one attached hydrogen (secondary N) is 1. The first-order chi connectivity index (χ1) is 8.08. The molecule has 1 rings (SSSR count). The maximum Gasteiger partial charge on any atom is 0.126 e. The predicted molar refractivity (Wildman–Crippen MR) is 74.7 cm³/mol. The molecular formula is C14H21BrFN. The van der Waals surface area contributed by atoms with E-state index in [1.54, 1.807) is 6.07 Å². The fraction of sp³-hybridized carbons (Fsp3) is 0.571. The highest BCUT2D eigenvalue weighted by Crippen LogP contribution is 2.20. The summed E-state index contributed by atoms with van der Waals surface area (Å²) in [5.74, 6) is 0.438. The van der Waals surface area contributed by atoms with E-state index < -0.39 is 0 Å². The minimum absolute atomic E-state index is 0.112. The molecule has 0 saturated heterocycles. The van der Waals surface area contributed by atoms with Crippen LogP contribution in [0.2, 0.25) is 0 Å². The van der Waals surface area contributed by atoms with E-state index in [1.165, 1.54) is 6.07 Å². The van der Waals surface area contributed by atoms with Gasteiger partial charge in [-0.15, -0.1) is 0 Å². The van der Waals surface area contributed by atoms with Gasteiger partial charge in [-0.05, 0) is 42.6 Å². The fourth-order valence-electron chi connectivity index (χ4n) is 1.96. The molecule has 0 aliphatic carbocycles. The molecule has 1 nitrogen and oxygen atoms in total.